The molecular weight excluding hydrogens is 456 g/mol. The molecule has 8 heteroatoms. The van der Waals surface area contributed by atoms with Crippen LogP contribution in [-0.4, -0.2) is 46.5 Å². The van der Waals surface area contributed by atoms with Gasteiger partial charge in [-0.2, -0.15) is 0 Å². The van der Waals surface area contributed by atoms with E-state index in [2.05, 4.69) is 15.6 Å². The van der Waals surface area contributed by atoms with Crippen molar-refractivity contribution in [3.05, 3.63) is 35.6 Å². The van der Waals surface area contributed by atoms with E-state index in [4.69, 9.17) is 0 Å². The quantitative estimate of drug-likeness (QED) is 0.338. The van der Waals surface area contributed by atoms with Crippen LogP contribution in [0.3, 0.4) is 0 Å². The number of hydrogen-bond acceptors (Lipinski definition) is 3. The lowest BCUT2D eigenvalue weighted by molar-refractivity contribution is 0.348. The molecule has 0 radical (unpaired) electrons. The summed E-state index contributed by atoms with van der Waals surface area (Å²) in [6.45, 7) is 5.28. The van der Waals surface area contributed by atoms with Crippen molar-refractivity contribution in [3.8, 4) is 0 Å². The highest BCUT2D eigenvalue weighted by Crippen LogP contribution is 2.19. The Balaban J connectivity index is 0.00000576. The Kier molecular flexibility index (Phi) is 10.6. The minimum atomic E-state index is -2.95. The van der Waals surface area contributed by atoms with Crippen molar-refractivity contribution >= 4 is 39.8 Å². The Morgan fingerprint density at radius 3 is 2.52 bits per heavy atom. The fourth-order valence-electron chi connectivity index (χ4n) is 2.11. The van der Waals surface area contributed by atoms with Crippen molar-refractivity contribution in [2.24, 2.45) is 10.4 Å². The Labute approximate surface area is 167 Å². The Morgan fingerprint density at radius 2 is 1.96 bits per heavy atom. The van der Waals surface area contributed by atoms with E-state index in [-0.39, 0.29) is 41.0 Å². The summed E-state index contributed by atoms with van der Waals surface area (Å²) in [6, 6.07) is 6.53. The van der Waals surface area contributed by atoms with Gasteiger partial charge in [0.2, 0.25) is 0 Å². The number of rotatable bonds is 8. The second-order valence-corrected chi connectivity index (χ2v) is 9.04. The molecule has 0 heterocycles. The van der Waals surface area contributed by atoms with Gasteiger partial charge in [-0.25, -0.2) is 12.8 Å². The number of guanidine groups is 1. The monoisotopic (exact) mass is 485 g/mol. The molecule has 0 amide bonds. The van der Waals surface area contributed by atoms with Crippen LogP contribution in [0.2, 0.25) is 0 Å². The Hall–Kier alpha value is -0.900. The normalized spacial score (nSPS) is 12.4. The fraction of sp³-hybridized carbons (Fsp3) is 0.588. The SMILES string of the molecule is CN=C(NCCc1cccc(F)c1)NCC(C)(C)CCS(C)(=O)=O.I. The summed E-state index contributed by atoms with van der Waals surface area (Å²) in [5.41, 5.74) is 0.759. The number of sulfone groups is 1. The van der Waals surface area contributed by atoms with Crippen molar-refractivity contribution in [1.29, 1.82) is 0 Å². The van der Waals surface area contributed by atoms with Crippen LogP contribution in [0.25, 0.3) is 0 Å². The third-order valence-corrected chi connectivity index (χ3v) is 4.65. The molecule has 0 atom stereocenters. The van der Waals surface area contributed by atoms with Crippen LogP contribution in [0.15, 0.2) is 29.3 Å². The number of halogens is 2. The van der Waals surface area contributed by atoms with E-state index in [1.165, 1.54) is 18.4 Å². The smallest absolute Gasteiger partial charge is 0.191 e. The largest absolute Gasteiger partial charge is 0.356 e. The molecule has 0 fully saturated rings. The molecule has 0 saturated heterocycles. The zero-order chi connectivity index (χ0) is 18.2. The van der Waals surface area contributed by atoms with Crippen LogP contribution in [0.5, 0.6) is 0 Å². The van der Waals surface area contributed by atoms with Gasteiger partial charge in [-0.3, -0.25) is 4.99 Å². The average Bonchev–Trinajstić information content (AvgIpc) is 2.48. The number of hydrogen-bond donors (Lipinski definition) is 2. The maximum Gasteiger partial charge on any atom is 0.191 e. The summed E-state index contributed by atoms with van der Waals surface area (Å²) < 4.78 is 35.7. The van der Waals surface area contributed by atoms with Gasteiger partial charge in [0.1, 0.15) is 15.7 Å². The molecule has 25 heavy (non-hydrogen) atoms. The van der Waals surface area contributed by atoms with Gasteiger partial charge in [-0.15, -0.1) is 24.0 Å². The van der Waals surface area contributed by atoms with E-state index >= 15 is 0 Å². The molecule has 144 valence electrons. The summed E-state index contributed by atoms with van der Waals surface area (Å²) >= 11 is 0. The van der Waals surface area contributed by atoms with Crippen LogP contribution in [0, 0.1) is 11.2 Å². The third-order valence-electron chi connectivity index (χ3n) is 3.70. The molecule has 0 aromatic heterocycles. The summed E-state index contributed by atoms with van der Waals surface area (Å²) in [5, 5.41) is 6.39. The first-order chi connectivity index (χ1) is 11.1. The number of benzene rings is 1. The lowest BCUT2D eigenvalue weighted by Crippen LogP contribution is -2.43. The van der Waals surface area contributed by atoms with Gasteiger partial charge in [0.05, 0.1) is 5.75 Å². The molecule has 2 N–H and O–H groups in total. The van der Waals surface area contributed by atoms with Crippen molar-refractivity contribution in [2.75, 3.05) is 32.1 Å². The maximum absolute atomic E-state index is 13.1. The minimum Gasteiger partial charge on any atom is -0.356 e. The van der Waals surface area contributed by atoms with Crippen LogP contribution >= 0.6 is 24.0 Å². The highest BCUT2D eigenvalue weighted by Gasteiger charge is 2.20. The Bertz CT molecular complexity index is 664. The molecule has 0 unspecified atom stereocenters. The lowest BCUT2D eigenvalue weighted by atomic mass is 9.90. The molecule has 1 rings (SSSR count). The lowest BCUT2D eigenvalue weighted by Gasteiger charge is -2.25. The first-order valence-electron chi connectivity index (χ1n) is 7.98. The number of aliphatic imine (C=N–C) groups is 1. The molecule has 1 aromatic carbocycles. The van der Waals surface area contributed by atoms with E-state index in [1.807, 2.05) is 19.9 Å². The molecule has 0 saturated carbocycles. The number of nitrogens with zero attached hydrogens (tertiary/aromatic N) is 1. The topological polar surface area (TPSA) is 70.6 Å². The van der Waals surface area contributed by atoms with Gasteiger partial charge in [0.15, 0.2) is 5.96 Å². The van der Waals surface area contributed by atoms with Gasteiger partial charge >= 0.3 is 0 Å². The van der Waals surface area contributed by atoms with Crippen LogP contribution in [-0.2, 0) is 16.3 Å². The molecule has 0 spiro atoms. The second kappa shape index (κ2) is 10.9. The molecule has 0 aliphatic rings. The third kappa shape index (κ3) is 11.4. The van der Waals surface area contributed by atoms with E-state index in [0.29, 0.717) is 31.9 Å². The molecule has 0 aliphatic carbocycles. The standard InChI is InChI=1S/C17H28FN3O2S.HI/c1-17(2,9-11-24(4,22)23)13-21-16(19-3)20-10-8-14-6-5-7-15(18)12-14;/h5-7,12H,8-11,13H2,1-4H3,(H2,19,20,21);1H. The molecular formula is C17H29FIN3O2S. The predicted octanol–water partition coefficient (Wildman–Crippen LogP) is 2.61. The van der Waals surface area contributed by atoms with Crippen molar-refractivity contribution < 1.29 is 12.8 Å². The van der Waals surface area contributed by atoms with E-state index < -0.39 is 9.84 Å². The molecule has 5 nitrogen and oxygen atoms in total. The van der Waals surface area contributed by atoms with Gasteiger partial charge in [0, 0.05) is 26.4 Å². The summed E-state index contributed by atoms with van der Waals surface area (Å²) in [5.74, 6) is 0.592. The van der Waals surface area contributed by atoms with Crippen LogP contribution in [0.4, 0.5) is 4.39 Å². The van der Waals surface area contributed by atoms with Crippen molar-refractivity contribution in [3.63, 3.8) is 0 Å². The summed E-state index contributed by atoms with van der Waals surface area (Å²) in [6.07, 6.45) is 2.53. The van der Waals surface area contributed by atoms with Crippen molar-refractivity contribution in [1.82, 2.24) is 10.6 Å². The van der Waals surface area contributed by atoms with Gasteiger partial charge in [-0.1, -0.05) is 26.0 Å². The number of nitrogens with one attached hydrogen (secondary N) is 2. The van der Waals surface area contributed by atoms with Gasteiger partial charge in [-0.05, 0) is 36.0 Å². The van der Waals surface area contributed by atoms with Crippen LogP contribution < -0.4 is 10.6 Å². The second-order valence-electron chi connectivity index (χ2n) is 6.78. The average molecular weight is 485 g/mol. The van der Waals surface area contributed by atoms with Crippen molar-refractivity contribution in [2.45, 2.75) is 26.7 Å². The first-order valence-corrected chi connectivity index (χ1v) is 10.0. The zero-order valence-corrected chi connectivity index (χ0v) is 18.4. The predicted molar refractivity (Wildman–Crippen MR) is 113 cm³/mol. The highest BCUT2D eigenvalue weighted by molar-refractivity contribution is 14.0. The Morgan fingerprint density at radius 1 is 1.28 bits per heavy atom. The highest BCUT2D eigenvalue weighted by atomic mass is 127. The van der Waals surface area contributed by atoms with Crippen LogP contribution in [0.1, 0.15) is 25.8 Å². The van der Waals surface area contributed by atoms with Gasteiger partial charge < -0.3 is 10.6 Å². The van der Waals surface area contributed by atoms with Gasteiger partial charge in [0.25, 0.3) is 0 Å². The first kappa shape index (κ1) is 24.1. The molecule has 0 aliphatic heterocycles. The van der Waals surface area contributed by atoms with E-state index in [1.54, 1.807) is 13.1 Å². The van der Waals surface area contributed by atoms with E-state index in [0.717, 1.165) is 5.56 Å². The fourth-order valence-corrected chi connectivity index (χ4v) is 3.03. The summed E-state index contributed by atoms with van der Waals surface area (Å²) in [7, 11) is -1.27. The minimum absolute atomic E-state index is 0. The van der Waals surface area contributed by atoms with E-state index in [9.17, 15) is 12.8 Å². The zero-order valence-electron chi connectivity index (χ0n) is 15.3. The molecule has 1 aromatic rings. The summed E-state index contributed by atoms with van der Waals surface area (Å²) in [4.78, 5) is 4.15. The maximum atomic E-state index is 13.1. The molecule has 0 bridgehead atoms.